The Kier molecular flexibility index (Phi) is 10.9. The van der Waals surface area contributed by atoms with Crippen LogP contribution in [-0.2, 0) is 16.0 Å². The van der Waals surface area contributed by atoms with Crippen LogP contribution in [0.25, 0.3) is 0 Å². The SMILES string of the molecule is COc1ccc(OC)c(CCN(C(=O)CCC2CCCC2)C2C=C(C(=O)NCCO)C3c4cc(C=O)cc(OC)c4OC3C2O)c1. The maximum absolute atomic E-state index is 14.1. The summed E-state index contributed by atoms with van der Waals surface area (Å²) in [6.07, 6.45) is 6.22. The number of carbonyl (C=O) groups is 3. The van der Waals surface area contributed by atoms with Gasteiger partial charge in [-0.2, -0.15) is 0 Å². The second kappa shape index (κ2) is 15.0. The van der Waals surface area contributed by atoms with E-state index in [-0.39, 0.29) is 31.2 Å². The summed E-state index contributed by atoms with van der Waals surface area (Å²) < 4.78 is 22.9. The average Bonchev–Trinajstić information content (AvgIpc) is 3.75. The lowest BCUT2D eigenvalue weighted by Gasteiger charge is -2.41. The van der Waals surface area contributed by atoms with E-state index in [1.165, 1.54) is 20.0 Å². The van der Waals surface area contributed by atoms with Gasteiger partial charge in [0.15, 0.2) is 11.5 Å². The lowest BCUT2D eigenvalue weighted by atomic mass is 9.77. The zero-order chi connectivity index (χ0) is 32.8. The number of hydrogen-bond donors (Lipinski definition) is 3. The molecule has 4 atom stereocenters. The van der Waals surface area contributed by atoms with Gasteiger partial charge in [0.2, 0.25) is 11.8 Å². The van der Waals surface area contributed by atoms with E-state index in [1.54, 1.807) is 43.4 Å². The predicted molar refractivity (Wildman–Crippen MR) is 170 cm³/mol. The number of nitrogens with zero attached hydrogens (tertiary/aromatic N) is 1. The Hall–Kier alpha value is -4.09. The highest BCUT2D eigenvalue weighted by Crippen LogP contribution is 2.51. The van der Waals surface area contributed by atoms with Crippen LogP contribution < -0.4 is 24.3 Å². The van der Waals surface area contributed by atoms with Gasteiger partial charge < -0.3 is 39.4 Å². The van der Waals surface area contributed by atoms with Crippen molar-refractivity contribution >= 4 is 18.1 Å². The van der Waals surface area contributed by atoms with Crippen LogP contribution >= 0.6 is 0 Å². The number of aldehydes is 1. The third kappa shape index (κ3) is 6.85. The van der Waals surface area contributed by atoms with Crippen molar-refractivity contribution in [3.8, 4) is 23.0 Å². The fraction of sp³-hybridized carbons (Fsp3) is 0.514. The molecule has 2 aliphatic carbocycles. The molecule has 11 heteroatoms. The van der Waals surface area contributed by atoms with Crippen LogP contribution in [0.4, 0.5) is 0 Å². The van der Waals surface area contributed by atoms with Crippen LogP contribution in [0.5, 0.6) is 23.0 Å². The third-order valence-corrected chi connectivity index (χ3v) is 9.44. The van der Waals surface area contributed by atoms with E-state index in [9.17, 15) is 24.6 Å². The Morgan fingerprint density at radius 2 is 1.83 bits per heavy atom. The quantitative estimate of drug-likeness (QED) is 0.267. The first kappa shape index (κ1) is 33.3. The zero-order valence-electron chi connectivity index (χ0n) is 26.7. The van der Waals surface area contributed by atoms with E-state index in [0.29, 0.717) is 59.2 Å². The Morgan fingerprint density at radius 1 is 1.07 bits per heavy atom. The summed E-state index contributed by atoms with van der Waals surface area (Å²) in [5.74, 6) is 1.12. The smallest absolute Gasteiger partial charge is 0.247 e. The summed E-state index contributed by atoms with van der Waals surface area (Å²) >= 11 is 0. The number of amides is 2. The van der Waals surface area contributed by atoms with Crippen LogP contribution in [0.3, 0.4) is 0 Å². The lowest BCUT2D eigenvalue weighted by Crippen LogP contribution is -2.56. The topological polar surface area (TPSA) is 144 Å². The fourth-order valence-corrected chi connectivity index (χ4v) is 7.09. The van der Waals surface area contributed by atoms with Crippen LogP contribution in [-0.4, -0.2) is 92.5 Å². The van der Waals surface area contributed by atoms with Gasteiger partial charge in [0.1, 0.15) is 30.0 Å². The first-order valence-electron chi connectivity index (χ1n) is 16.0. The maximum atomic E-state index is 14.1. The standard InChI is InChI=1S/C35H44N2O9/c1-43-24-9-10-28(44-2)23(18-24)12-14-37(30(40)11-8-21-6-4-5-7-21)27-19-26(35(42)36-13-15-38)31-25-16-22(20-39)17-29(45-3)33(25)46-34(31)32(27)41/h9-10,16-21,27,31-32,34,38,41H,4-8,11-15H2,1-3H3,(H,36,42). The molecule has 3 N–H and O–H groups in total. The summed E-state index contributed by atoms with van der Waals surface area (Å²) in [5.41, 5.74) is 1.99. The number of aliphatic hydroxyl groups is 2. The molecule has 2 amide bonds. The van der Waals surface area contributed by atoms with Crippen molar-refractivity contribution in [2.45, 2.75) is 69.1 Å². The number of carbonyl (C=O) groups excluding carboxylic acids is 3. The van der Waals surface area contributed by atoms with Gasteiger partial charge in [-0.3, -0.25) is 14.4 Å². The summed E-state index contributed by atoms with van der Waals surface area (Å²) in [6.45, 7) is -0.00484. The van der Waals surface area contributed by atoms with Crippen LogP contribution in [0, 0.1) is 5.92 Å². The van der Waals surface area contributed by atoms with Crippen molar-refractivity contribution in [3.63, 3.8) is 0 Å². The summed E-state index contributed by atoms with van der Waals surface area (Å²) in [6, 6.07) is 7.77. The summed E-state index contributed by atoms with van der Waals surface area (Å²) in [7, 11) is 4.62. The molecule has 1 saturated carbocycles. The van der Waals surface area contributed by atoms with Gasteiger partial charge in [-0.25, -0.2) is 0 Å². The molecule has 11 nitrogen and oxygen atoms in total. The molecule has 0 spiro atoms. The van der Waals surface area contributed by atoms with Crippen molar-refractivity contribution in [1.29, 1.82) is 0 Å². The molecule has 0 bridgehead atoms. The molecule has 0 radical (unpaired) electrons. The van der Waals surface area contributed by atoms with Gasteiger partial charge in [-0.1, -0.05) is 25.7 Å². The van der Waals surface area contributed by atoms with Crippen molar-refractivity contribution < 1.29 is 43.5 Å². The van der Waals surface area contributed by atoms with E-state index >= 15 is 0 Å². The second-order valence-electron chi connectivity index (χ2n) is 12.1. The number of ether oxygens (including phenoxy) is 4. The Balaban J connectivity index is 1.53. The Morgan fingerprint density at radius 3 is 2.50 bits per heavy atom. The predicted octanol–water partition coefficient (Wildman–Crippen LogP) is 3.19. The number of aliphatic hydroxyl groups excluding tert-OH is 2. The van der Waals surface area contributed by atoms with E-state index in [2.05, 4.69) is 5.32 Å². The van der Waals surface area contributed by atoms with E-state index < -0.39 is 30.1 Å². The first-order chi connectivity index (χ1) is 22.3. The molecule has 46 heavy (non-hydrogen) atoms. The average molecular weight is 637 g/mol. The molecule has 5 rings (SSSR count). The van der Waals surface area contributed by atoms with Crippen molar-refractivity contribution in [2.24, 2.45) is 5.92 Å². The first-order valence-corrected chi connectivity index (χ1v) is 16.0. The zero-order valence-corrected chi connectivity index (χ0v) is 26.7. The van der Waals surface area contributed by atoms with Crippen molar-refractivity contribution in [2.75, 3.05) is 41.0 Å². The minimum absolute atomic E-state index is 0.0197. The largest absolute Gasteiger partial charge is 0.497 e. The molecule has 248 valence electrons. The number of rotatable bonds is 14. The van der Waals surface area contributed by atoms with Crippen LogP contribution in [0.15, 0.2) is 42.0 Å². The van der Waals surface area contributed by atoms with Crippen molar-refractivity contribution in [3.05, 3.63) is 58.7 Å². The molecule has 1 fully saturated rings. The summed E-state index contributed by atoms with van der Waals surface area (Å²) in [4.78, 5) is 41.1. The minimum atomic E-state index is -1.21. The number of benzene rings is 2. The highest BCUT2D eigenvalue weighted by atomic mass is 16.5. The Bertz CT molecular complexity index is 1450. The molecular formula is C35H44N2O9. The van der Waals surface area contributed by atoms with Gasteiger partial charge in [0.05, 0.1) is 39.9 Å². The monoisotopic (exact) mass is 636 g/mol. The molecule has 1 aliphatic heterocycles. The van der Waals surface area contributed by atoms with Gasteiger partial charge in [-0.15, -0.1) is 0 Å². The van der Waals surface area contributed by atoms with Gasteiger partial charge in [0, 0.05) is 36.2 Å². The summed E-state index contributed by atoms with van der Waals surface area (Å²) in [5, 5.41) is 24.1. The molecule has 4 unspecified atom stereocenters. The Labute approximate surface area is 269 Å². The van der Waals surface area contributed by atoms with E-state index in [4.69, 9.17) is 18.9 Å². The van der Waals surface area contributed by atoms with Gasteiger partial charge in [-0.05, 0) is 60.7 Å². The minimum Gasteiger partial charge on any atom is -0.497 e. The van der Waals surface area contributed by atoms with Crippen LogP contribution in [0.2, 0.25) is 0 Å². The molecular weight excluding hydrogens is 592 g/mol. The highest BCUT2D eigenvalue weighted by molar-refractivity contribution is 5.96. The highest BCUT2D eigenvalue weighted by Gasteiger charge is 2.51. The molecule has 1 heterocycles. The van der Waals surface area contributed by atoms with Gasteiger partial charge in [0.25, 0.3) is 0 Å². The molecule has 0 aromatic heterocycles. The van der Waals surface area contributed by atoms with E-state index in [1.807, 2.05) is 12.1 Å². The maximum Gasteiger partial charge on any atom is 0.247 e. The number of methoxy groups -OCH3 is 3. The lowest BCUT2D eigenvalue weighted by molar-refractivity contribution is -0.137. The van der Waals surface area contributed by atoms with Crippen molar-refractivity contribution in [1.82, 2.24) is 10.2 Å². The number of nitrogens with one attached hydrogen (secondary N) is 1. The molecule has 2 aromatic carbocycles. The van der Waals surface area contributed by atoms with E-state index in [0.717, 1.165) is 24.8 Å². The fourth-order valence-electron chi connectivity index (χ4n) is 7.09. The van der Waals surface area contributed by atoms with Crippen LogP contribution in [0.1, 0.15) is 65.9 Å². The molecule has 0 saturated heterocycles. The third-order valence-electron chi connectivity index (χ3n) is 9.44. The van der Waals surface area contributed by atoms with Gasteiger partial charge >= 0.3 is 0 Å². The second-order valence-corrected chi connectivity index (χ2v) is 12.1. The normalized spacial score (nSPS) is 21.8. The number of fused-ring (bicyclic) bond motifs is 3. The molecule has 2 aromatic rings. The number of hydrogen-bond acceptors (Lipinski definition) is 9. The molecule has 3 aliphatic rings.